The third-order valence-electron chi connectivity index (χ3n) is 5.80. The van der Waals surface area contributed by atoms with Crippen LogP contribution in [0.15, 0.2) is 24.3 Å². The summed E-state index contributed by atoms with van der Waals surface area (Å²) in [7, 11) is 1.76. The topological polar surface area (TPSA) is 21.3 Å². The molecule has 0 radical (unpaired) electrons. The molecule has 1 N–H and O–H groups in total. The van der Waals surface area contributed by atoms with E-state index in [0.29, 0.717) is 12.1 Å². The highest BCUT2D eigenvalue weighted by atomic mass is 16.5. The van der Waals surface area contributed by atoms with Gasteiger partial charge >= 0.3 is 0 Å². The molecule has 1 aromatic carbocycles. The highest BCUT2D eigenvalue weighted by Gasteiger charge is 2.37. The third-order valence-corrected chi connectivity index (χ3v) is 5.80. The minimum atomic E-state index is 0.365. The maximum absolute atomic E-state index is 5.49. The molecule has 2 saturated carbocycles. The molecule has 2 aliphatic carbocycles. The Hall–Kier alpha value is -1.02. The molecule has 21 heavy (non-hydrogen) atoms. The summed E-state index contributed by atoms with van der Waals surface area (Å²) in [5, 5.41) is 3.84. The third kappa shape index (κ3) is 3.26. The highest BCUT2D eigenvalue weighted by molar-refractivity contribution is 5.35. The van der Waals surface area contributed by atoms with Crippen molar-refractivity contribution < 1.29 is 4.74 Å². The van der Waals surface area contributed by atoms with Crippen molar-refractivity contribution in [3.63, 3.8) is 0 Å². The highest BCUT2D eigenvalue weighted by Crippen LogP contribution is 2.49. The Labute approximate surface area is 129 Å². The monoisotopic (exact) mass is 287 g/mol. The average Bonchev–Trinajstić information content (AvgIpc) is 2.98. The van der Waals surface area contributed by atoms with Crippen molar-refractivity contribution >= 4 is 0 Å². The lowest BCUT2D eigenvalue weighted by Crippen LogP contribution is -2.38. The fraction of sp³-hybridized carbons (Fsp3) is 0.684. The SMILES string of the molecule is COc1ccccc1C(C)NC1CCC2(CCCC2)CC1. The zero-order valence-electron chi connectivity index (χ0n) is 13.5. The first-order valence-corrected chi connectivity index (χ1v) is 8.61. The van der Waals surface area contributed by atoms with Crippen molar-refractivity contribution in [2.75, 3.05) is 7.11 Å². The van der Waals surface area contributed by atoms with E-state index in [4.69, 9.17) is 4.74 Å². The number of hydrogen-bond acceptors (Lipinski definition) is 2. The molecule has 0 aromatic heterocycles. The van der Waals surface area contributed by atoms with Crippen molar-refractivity contribution in [2.24, 2.45) is 5.41 Å². The van der Waals surface area contributed by atoms with Crippen LogP contribution in [0.5, 0.6) is 5.75 Å². The second-order valence-electron chi connectivity index (χ2n) is 7.11. The fourth-order valence-electron chi connectivity index (χ4n) is 4.49. The number of benzene rings is 1. The average molecular weight is 287 g/mol. The Bertz CT molecular complexity index is 454. The Balaban J connectivity index is 1.57. The molecule has 0 saturated heterocycles. The summed E-state index contributed by atoms with van der Waals surface area (Å²) < 4.78 is 5.49. The van der Waals surface area contributed by atoms with Crippen molar-refractivity contribution in [1.29, 1.82) is 0 Å². The van der Waals surface area contributed by atoms with Crippen molar-refractivity contribution in [2.45, 2.75) is 70.4 Å². The number of rotatable bonds is 4. The molecule has 0 amide bonds. The Morgan fingerprint density at radius 1 is 1.10 bits per heavy atom. The molecule has 0 heterocycles. The van der Waals surface area contributed by atoms with Gasteiger partial charge in [0.05, 0.1) is 7.11 Å². The minimum Gasteiger partial charge on any atom is -0.496 e. The summed E-state index contributed by atoms with van der Waals surface area (Å²) in [5.41, 5.74) is 2.01. The van der Waals surface area contributed by atoms with Crippen molar-refractivity contribution in [1.82, 2.24) is 5.32 Å². The first kappa shape index (κ1) is 14.9. The van der Waals surface area contributed by atoms with Crippen LogP contribution in [0, 0.1) is 5.41 Å². The molecular formula is C19H29NO. The molecule has 1 aromatic rings. The van der Waals surface area contributed by atoms with E-state index in [0.717, 1.165) is 11.2 Å². The molecule has 1 unspecified atom stereocenters. The van der Waals surface area contributed by atoms with E-state index < -0.39 is 0 Å². The Kier molecular flexibility index (Phi) is 4.54. The number of para-hydroxylation sites is 1. The van der Waals surface area contributed by atoms with Crippen LogP contribution >= 0.6 is 0 Å². The second kappa shape index (κ2) is 6.39. The van der Waals surface area contributed by atoms with Gasteiger partial charge in [-0.25, -0.2) is 0 Å². The predicted octanol–water partition coefficient (Wildman–Crippen LogP) is 4.85. The van der Waals surface area contributed by atoms with Gasteiger partial charge in [0.15, 0.2) is 0 Å². The van der Waals surface area contributed by atoms with Gasteiger partial charge in [-0.15, -0.1) is 0 Å². The van der Waals surface area contributed by atoms with E-state index >= 15 is 0 Å². The van der Waals surface area contributed by atoms with E-state index in [1.807, 2.05) is 6.07 Å². The molecule has 3 rings (SSSR count). The van der Waals surface area contributed by atoms with Crippen LogP contribution in [0.25, 0.3) is 0 Å². The largest absolute Gasteiger partial charge is 0.496 e. The van der Waals surface area contributed by atoms with Gasteiger partial charge in [0.2, 0.25) is 0 Å². The van der Waals surface area contributed by atoms with E-state index in [-0.39, 0.29) is 0 Å². The maximum Gasteiger partial charge on any atom is 0.123 e. The van der Waals surface area contributed by atoms with E-state index in [9.17, 15) is 0 Å². The van der Waals surface area contributed by atoms with Crippen LogP contribution in [0.1, 0.15) is 69.9 Å². The van der Waals surface area contributed by atoms with Crippen LogP contribution in [0.4, 0.5) is 0 Å². The van der Waals surface area contributed by atoms with Crippen molar-refractivity contribution in [3.05, 3.63) is 29.8 Å². The first-order valence-electron chi connectivity index (χ1n) is 8.61. The first-order chi connectivity index (χ1) is 10.2. The summed E-state index contributed by atoms with van der Waals surface area (Å²) in [6.07, 6.45) is 11.5. The normalized spacial score (nSPS) is 23.3. The van der Waals surface area contributed by atoms with Gasteiger partial charge in [0.25, 0.3) is 0 Å². The summed E-state index contributed by atoms with van der Waals surface area (Å²) in [4.78, 5) is 0. The minimum absolute atomic E-state index is 0.365. The molecule has 1 spiro atoms. The lowest BCUT2D eigenvalue weighted by Gasteiger charge is -2.38. The number of nitrogens with one attached hydrogen (secondary N) is 1. The smallest absolute Gasteiger partial charge is 0.123 e. The summed E-state index contributed by atoms with van der Waals surface area (Å²) in [5.74, 6) is 1.00. The van der Waals surface area contributed by atoms with Crippen LogP contribution in [0.3, 0.4) is 0 Å². The lowest BCUT2D eigenvalue weighted by molar-refractivity contribution is 0.163. The Morgan fingerprint density at radius 2 is 1.76 bits per heavy atom. The van der Waals surface area contributed by atoms with Crippen molar-refractivity contribution in [3.8, 4) is 5.75 Å². The zero-order valence-corrected chi connectivity index (χ0v) is 13.5. The van der Waals surface area contributed by atoms with Gasteiger partial charge < -0.3 is 10.1 Å². The lowest BCUT2D eigenvalue weighted by atomic mass is 9.71. The molecule has 0 aliphatic heterocycles. The van der Waals surface area contributed by atoms with Crippen LogP contribution in [0.2, 0.25) is 0 Å². The van der Waals surface area contributed by atoms with E-state index in [2.05, 4.69) is 30.4 Å². The van der Waals surface area contributed by atoms with E-state index in [1.165, 1.54) is 56.9 Å². The standard InChI is InChI=1S/C19H29NO/c1-15(17-7-3-4-8-18(17)21-2)20-16-9-13-19(14-10-16)11-5-6-12-19/h3-4,7-8,15-16,20H,5-6,9-14H2,1-2H3. The summed E-state index contributed by atoms with van der Waals surface area (Å²) >= 11 is 0. The molecule has 2 nitrogen and oxygen atoms in total. The van der Waals surface area contributed by atoms with Gasteiger partial charge in [0.1, 0.15) is 5.75 Å². The molecule has 2 fully saturated rings. The Morgan fingerprint density at radius 3 is 2.43 bits per heavy atom. The van der Waals surface area contributed by atoms with E-state index in [1.54, 1.807) is 7.11 Å². The van der Waals surface area contributed by atoms with Gasteiger partial charge in [0, 0.05) is 17.6 Å². The molecule has 2 aliphatic rings. The number of ether oxygens (including phenoxy) is 1. The van der Waals surface area contributed by atoms with Gasteiger partial charge in [-0.2, -0.15) is 0 Å². The van der Waals surface area contributed by atoms with Crippen LogP contribution in [-0.2, 0) is 0 Å². The maximum atomic E-state index is 5.49. The summed E-state index contributed by atoms with van der Waals surface area (Å²) in [6.45, 7) is 2.26. The molecule has 1 atom stereocenters. The van der Waals surface area contributed by atoms with Crippen LogP contribution < -0.4 is 10.1 Å². The fourth-order valence-corrected chi connectivity index (χ4v) is 4.49. The van der Waals surface area contributed by atoms with Crippen LogP contribution in [-0.4, -0.2) is 13.2 Å². The van der Waals surface area contributed by atoms with Gasteiger partial charge in [-0.05, 0) is 56.9 Å². The molecule has 0 bridgehead atoms. The molecular weight excluding hydrogens is 258 g/mol. The predicted molar refractivity (Wildman–Crippen MR) is 87.7 cm³/mol. The quantitative estimate of drug-likeness (QED) is 0.855. The summed E-state index contributed by atoms with van der Waals surface area (Å²) in [6, 6.07) is 9.42. The number of hydrogen-bond donors (Lipinski definition) is 1. The van der Waals surface area contributed by atoms with Gasteiger partial charge in [-0.1, -0.05) is 31.0 Å². The van der Waals surface area contributed by atoms with Gasteiger partial charge in [-0.3, -0.25) is 0 Å². The zero-order chi connectivity index (χ0) is 14.7. The molecule has 2 heteroatoms. The number of methoxy groups -OCH3 is 1. The second-order valence-corrected chi connectivity index (χ2v) is 7.11. The molecule has 116 valence electrons.